The number of rotatable bonds is 3. The summed E-state index contributed by atoms with van der Waals surface area (Å²) in [6, 6.07) is 10.4. The van der Waals surface area contributed by atoms with Crippen molar-refractivity contribution in [3.8, 4) is 0 Å². The summed E-state index contributed by atoms with van der Waals surface area (Å²) in [5, 5.41) is 10.8. The first-order valence-corrected chi connectivity index (χ1v) is 7.46. The Kier molecular flexibility index (Phi) is 4.18. The zero-order valence-electron chi connectivity index (χ0n) is 11.2. The number of thioether (sulfide) groups is 1. The van der Waals surface area contributed by atoms with Crippen molar-refractivity contribution < 1.29 is 5.11 Å². The number of hydrogen-bond donors (Lipinski definition) is 1. The first-order chi connectivity index (χ1) is 8.49. The molecule has 1 aliphatic carbocycles. The van der Waals surface area contributed by atoms with E-state index in [9.17, 15) is 5.11 Å². The fraction of sp³-hybridized carbons (Fsp3) is 0.500. The molecule has 18 heavy (non-hydrogen) atoms. The molecular weight excluding hydrogens is 240 g/mol. The summed E-state index contributed by atoms with van der Waals surface area (Å²) in [6.45, 7) is 8.16. The summed E-state index contributed by atoms with van der Waals surface area (Å²) in [5.74, 6) is 0.562. The minimum Gasteiger partial charge on any atom is -0.389 e. The van der Waals surface area contributed by atoms with Gasteiger partial charge < -0.3 is 5.11 Å². The van der Waals surface area contributed by atoms with E-state index < -0.39 is 5.60 Å². The molecule has 1 N–H and O–H groups in total. The van der Waals surface area contributed by atoms with Crippen LogP contribution in [-0.2, 0) is 0 Å². The summed E-state index contributed by atoms with van der Waals surface area (Å²) in [5.41, 5.74) is 0.691. The van der Waals surface area contributed by atoms with Crippen LogP contribution >= 0.6 is 11.8 Å². The van der Waals surface area contributed by atoms with Crippen molar-refractivity contribution in [3.05, 3.63) is 42.5 Å². The summed E-state index contributed by atoms with van der Waals surface area (Å²) in [4.78, 5) is 1.24. The van der Waals surface area contributed by atoms with Crippen LogP contribution in [0, 0.1) is 5.92 Å². The molecule has 1 aromatic carbocycles. The molecular formula is C16H22OS. The Bertz CT molecular complexity index is 410. The van der Waals surface area contributed by atoms with E-state index in [1.54, 1.807) is 11.8 Å². The number of benzene rings is 1. The summed E-state index contributed by atoms with van der Waals surface area (Å²) < 4.78 is 0. The van der Waals surface area contributed by atoms with Crippen molar-refractivity contribution in [1.29, 1.82) is 0 Å². The Labute approximate surface area is 114 Å². The number of allylic oxidation sites excluding steroid dienone is 1. The molecule has 0 radical (unpaired) electrons. The molecule has 1 fully saturated rings. The largest absolute Gasteiger partial charge is 0.389 e. The SMILES string of the molecule is C=C(C)C1CC[C@@](C)(O)[C@H](Sc2ccccc2)C1. The van der Waals surface area contributed by atoms with Crippen molar-refractivity contribution in [1.82, 2.24) is 0 Å². The number of hydrogen-bond acceptors (Lipinski definition) is 2. The van der Waals surface area contributed by atoms with Crippen LogP contribution in [-0.4, -0.2) is 16.0 Å². The lowest BCUT2D eigenvalue weighted by molar-refractivity contribution is 0.0194. The molecule has 98 valence electrons. The summed E-state index contributed by atoms with van der Waals surface area (Å²) in [6.07, 6.45) is 2.96. The average molecular weight is 262 g/mol. The molecule has 1 saturated carbocycles. The summed E-state index contributed by atoms with van der Waals surface area (Å²) in [7, 11) is 0. The third kappa shape index (κ3) is 3.18. The Morgan fingerprint density at radius 3 is 2.67 bits per heavy atom. The van der Waals surface area contributed by atoms with Gasteiger partial charge in [0.25, 0.3) is 0 Å². The normalized spacial score (nSPS) is 32.2. The molecule has 3 atom stereocenters. The van der Waals surface area contributed by atoms with Gasteiger partial charge in [-0.2, -0.15) is 0 Å². The molecule has 0 bridgehead atoms. The molecule has 1 aliphatic rings. The van der Waals surface area contributed by atoms with Gasteiger partial charge in [-0.15, -0.1) is 11.8 Å². The van der Waals surface area contributed by atoms with Crippen molar-refractivity contribution >= 4 is 11.8 Å². The lowest BCUT2D eigenvalue weighted by Gasteiger charge is -2.40. The standard InChI is InChI=1S/C16H22OS/c1-12(2)13-9-10-16(3,17)15(11-13)18-14-7-5-4-6-8-14/h4-8,13,15,17H,1,9-11H2,2-3H3/t13?,15-,16-/m1/s1. The highest BCUT2D eigenvalue weighted by molar-refractivity contribution is 8.00. The van der Waals surface area contributed by atoms with Crippen LogP contribution in [0.3, 0.4) is 0 Å². The Hall–Kier alpha value is -0.730. The maximum Gasteiger partial charge on any atom is 0.0741 e. The van der Waals surface area contributed by atoms with E-state index in [0.717, 1.165) is 19.3 Å². The second-order valence-corrected chi connectivity index (χ2v) is 6.87. The van der Waals surface area contributed by atoms with Gasteiger partial charge in [-0.1, -0.05) is 30.4 Å². The second-order valence-electron chi connectivity index (χ2n) is 5.59. The second kappa shape index (κ2) is 5.50. The molecule has 0 amide bonds. The van der Waals surface area contributed by atoms with Crippen LogP contribution in [0.2, 0.25) is 0 Å². The minimum atomic E-state index is -0.563. The van der Waals surface area contributed by atoms with Gasteiger partial charge in [-0.25, -0.2) is 0 Å². The van der Waals surface area contributed by atoms with Gasteiger partial charge in [-0.3, -0.25) is 0 Å². The predicted molar refractivity (Wildman–Crippen MR) is 78.9 cm³/mol. The fourth-order valence-electron chi connectivity index (χ4n) is 2.54. The summed E-state index contributed by atoms with van der Waals surface area (Å²) >= 11 is 1.80. The van der Waals surface area contributed by atoms with Crippen molar-refractivity contribution in [2.24, 2.45) is 5.92 Å². The third-order valence-electron chi connectivity index (χ3n) is 3.91. The monoisotopic (exact) mass is 262 g/mol. The zero-order valence-corrected chi connectivity index (χ0v) is 12.0. The Morgan fingerprint density at radius 2 is 2.06 bits per heavy atom. The quantitative estimate of drug-likeness (QED) is 0.821. The highest BCUT2D eigenvalue weighted by Crippen LogP contribution is 2.43. The molecule has 1 aromatic rings. The molecule has 1 nitrogen and oxygen atoms in total. The minimum absolute atomic E-state index is 0.260. The topological polar surface area (TPSA) is 20.2 Å². The van der Waals surface area contributed by atoms with Gasteiger partial charge in [0, 0.05) is 10.1 Å². The maximum atomic E-state index is 10.5. The van der Waals surface area contributed by atoms with Gasteiger partial charge in [0.05, 0.1) is 5.60 Å². The molecule has 0 aliphatic heterocycles. The van der Waals surface area contributed by atoms with Crippen molar-refractivity contribution in [3.63, 3.8) is 0 Å². The maximum absolute atomic E-state index is 10.5. The van der Waals surface area contributed by atoms with Crippen LogP contribution in [0.1, 0.15) is 33.1 Å². The molecule has 1 unspecified atom stereocenters. The Morgan fingerprint density at radius 1 is 1.39 bits per heavy atom. The Balaban J connectivity index is 2.10. The van der Waals surface area contributed by atoms with E-state index in [2.05, 4.69) is 37.8 Å². The van der Waals surface area contributed by atoms with Crippen LogP contribution in [0.15, 0.2) is 47.4 Å². The molecule has 2 heteroatoms. The number of aliphatic hydroxyl groups is 1. The fourth-order valence-corrected chi connectivity index (χ4v) is 3.89. The van der Waals surface area contributed by atoms with Crippen LogP contribution in [0.4, 0.5) is 0 Å². The van der Waals surface area contributed by atoms with Crippen molar-refractivity contribution in [2.75, 3.05) is 0 Å². The van der Waals surface area contributed by atoms with Crippen LogP contribution in [0.5, 0.6) is 0 Å². The van der Waals surface area contributed by atoms with E-state index in [1.165, 1.54) is 10.5 Å². The molecule has 0 spiro atoms. The van der Waals surface area contributed by atoms with Gasteiger partial charge in [0.1, 0.15) is 0 Å². The molecule has 0 heterocycles. The van der Waals surface area contributed by atoms with Gasteiger partial charge >= 0.3 is 0 Å². The predicted octanol–water partition coefficient (Wildman–Crippen LogP) is 4.27. The van der Waals surface area contributed by atoms with E-state index in [4.69, 9.17) is 0 Å². The van der Waals surface area contributed by atoms with Gasteiger partial charge in [0.2, 0.25) is 0 Å². The van der Waals surface area contributed by atoms with E-state index >= 15 is 0 Å². The third-order valence-corrected chi connectivity index (χ3v) is 5.44. The molecule has 2 rings (SSSR count). The highest BCUT2D eigenvalue weighted by atomic mass is 32.2. The van der Waals surface area contributed by atoms with Crippen LogP contribution < -0.4 is 0 Å². The first kappa shape index (κ1) is 13.7. The smallest absolute Gasteiger partial charge is 0.0741 e. The van der Waals surface area contributed by atoms with E-state index in [1.807, 2.05) is 13.0 Å². The highest BCUT2D eigenvalue weighted by Gasteiger charge is 2.39. The lowest BCUT2D eigenvalue weighted by atomic mass is 9.77. The van der Waals surface area contributed by atoms with E-state index in [0.29, 0.717) is 5.92 Å². The van der Waals surface area contributed by atoms with E-state index in [-0.39, 0.29) is 5.25 Å². The zero-order chi connectivity index (χ0) is 13.2. The van der Waals surface area contributed by atoms with Crippen LogP contribution in [0.25, 0.3) is 0 Å². The van der Waals surface area contributed by atoms with Gasteiger partial charge in [0.15, 0.2) is 0 Å². The first-order valence-electron chi connectivity index (χ1n) is 6.58. The average Bonchev–Trinajstić information content (AvgIpc) is 2.33. The lowest BCUT2D eigenvalue weighted by Crippen LogP contribution is -2.42. The van der Waals surface area contributed by atoms with Crippen molar-refractivity contribution in [2.45, 2.75) is 48.9 Å². The van der Waals surface area contributed by atoms with Gasteiger partial charge in [-0.05, 0) is 51.2 Å². The molecule has 0 aromatic heterocycles. The molecule has 0 saturated heterocycles.